The van der Waals surface area contributed by atoms with Crippen LogP contribution in [-0.4, -0.2) is 29.2 Å². The monoisotopic (exact) mass is 289 g/mol. The Morgan fingerprint density at radius 1 is 1.47 bits per heavy atom. The maximum Gasteiger partial charge on any atom is 0.255 e. The van der Waals surface area contributed by atoms with Gasteiger partial charge in [-0.2, -0.15) is 0 Å². The van der Waals surface area contributed by atoms with Crippen molar-refractivity contribution in [2.75, 3.05) is 18.4 Å². The van der Waals surface area contributed by atoms with Crippen molar-refractivity contribution in [3.8, 4) is 0 Å². The summed E-state index contributed by atoms with van der Waals surface area (Å²) in [5, 5.41) is 1.28. The van der Waals surface area contributed by atoms with Gasteiger partial charge in [0.05, 0.1) is 10.6 Å². The molecule has 4 heteroatoms. The van der Waals surface area contributed by atoms with Crippen LogP contribution in [0.15, 0.2) is 24.3 Å². The summed E-state index contributed by atoms with van der Waals surface area (Å²) in [7, 11) is 0. The molecule has 0 atom stereocenters. The second-order valence-electron chi connectivity index (χ2n) is 3.05. The number of rotatable bonds is 4. The summed E-state index contributed by atoms with van der Waals surface area (Å²) in [5.41, 5.74) is 0.571. The molecule has 82 valence electrons. The van der Waals surface area contributed by atoms with Gasteiger partial charge in [-0.25, -0.2) is 0 Å². The van der Waals surface area contributed by atoms with Crippen molar-refractivity contribution in [3.63, 3.8) is 0 Å². The molecule has 0 spiro atoms. The molecule has 0 aromatic heterocycles. The zero-order chi connectivity index (χ0) is 11.3. The number of amides is 1. The van der Waals surface area contributed by atoms with Gasteiger partial charge in [-0.15, -0.1) is 0 Å². The van der Waals surface area contributed by atoms with E-state index < -0.39 is 0 Å². The largest absolute Gasteiger partial charge is 0.338 e. The Hall–Kier alpha value is -0.540. The van der Waals surface area contributed by atoms with E-state index in [1.54, 1.807) is 17.0 Å². The zero-order valence-corrected chi connectivity index (χ0v) is 10.9. The Kier molecular flexibility index (Phi) is 5.12. The van der Waals surface area contributed by atoms with E-state index in [2.05, 4.69) is 15.9 Å². The first-order valence-corrected chi connectivity index (χ1v) is 6.30. The summed E-state index contributed by atoms with van der Waals surface area (Å²) in [5.74, 6) is -0.0115. The minimum atomic E-state index is -0.0115. The van der Waals surface area contributed by atoms with Gasteiger partial charge in [0, 0.05) is 18.4 Å². The summed E-state index contributed by atoms with van der Waals surface area (Å²) in [6.45, 7) is 3.34. The van der Waals surface area contributed by atoms with Gasteiger partial charge >= 0.3 is 0 Å². The molecule has 0 radical (unpaired) electrons. The number of benzene rings is 1. The van der Waals surface area contributed by atoms with Crippen LogP contribution < -0.4 is 0 Å². The lowest BCUT2D eigenvalue weighted by molar-refractivity contribution is 0.0775. The third-order valence-corrected chi connectivity index (χ3v) is 2.81. The topological polar surface area (TPSA) is 20.3 Å². The van der Waals surface area contributed by atoms with E-state index in [-0.39, 0.29) is 5.91 Å². The van der Waals surface area contributed by atoms with E-state index in [1.807, 2.05) is 19.1 Å². The second-order valence-corrected chi connectivity index (χ2v) is 4.25. The number of hydrogen-bond acceptors (Lipinski definition) is 1. The molecule has 1 aromatic rings. The van der Waals surface area contributed by atoms with E-state index in [4.69, 9.17) is 11.6 Å². The van der Waals surface area contributed by atoms with E-state index >= 15 is 0 Å². The highest BCUT2D eigenvalue weighted by atomic mass is 79.9. The number of halogens is 2. The highest BCUT2D eigenvalue weighted by Gasteiger charge is 2.15. The molecule has 0 N–H and O–H groups in total. The van der Waals surface area contributed by atoms with Crippen LogP contribution in [0.5, 0.6) is 0 Å². The Morgan fingerprint density at radius 3 is 2.67 bits per heavy atom. The van der Waals surface area contributed by atoms with Gasteiger partial charge in [0.2, 0.25) is 0 Å². The number of nitrogens with zero attached hydrogens (tertiary/aromatic N) is 1. The normalized spacial score (nSPS) is 10.1. The van der Waals surface area contributed by atoms with Crippen LogP contribution in [0.1, 0.15) is 17.3 Å². The molecule has 0 heterocycles. The fraction of sp³-hybridized carbons (Fsp3) is 0.364. The highest BCUT2D eigenvalue weighted by molar-refractivity contribution is 9.09. The van der Waals surface area contributed by atoms with Crippen molar-refractivity contribution in [2.24, 2.45) is 0 Å². The van der Waals surface area contributed by atoms with E-state index in [1.165, 1.54) is 0 Å². The van der Waals surface area contributed by atoms with Crippen LogP contribution in [-0.2, 0) is 0 Å². The Balaban J connectivity index is 2.88. The summed E-state index contributed by atoms with van der Waals surface area (Å²) in [6, 6.07) is 7.12. The lowest BCUT2D eigenvalue weighted by Crippen LogP contribution is -2.32. The zero-order valence-electron chi connectivity index (χ0n) is 8.54. The van der Waals surface area contributed by atoms with E-state index in [0.29, 0.717) is 23.7 Å². The smallest absolute Gasteiger partial charge is 0.255 e. The van der Waals surface area contributed by atoms with Crippen LogP contribution in [0.2, 0.25) is 5.02 Å². The van der Waals surface area contributed by atoms with Gasteiger partial charge in [0.25, 0.3) is 5.91 Å². The van der Waals surface area contributed by atoms with Crippen molar-refractivity contribution < 1.29 is 4.79 Å². The molecule has 0 saturated heterocycles. The maximum atomic E-state index is 12.0. The lowest BCUT2D eigenvalue weighted by atomic mass is 10.2. The first kappa shape index (κ1) is 12.5. The molecule has 0 aliphatic heterocycles. The molecular weight excluding hydrogens is 277 g/mol. The van der Waals surface area contributed by atoms with Crippen LogP contribution in [0.3, 0.4) is 0 Å². The fourth-order valence-electron chi connectivity index (χ4n) is 1.31. The third-order valence-electron chi connectivity index (χ3n) is 2.13. The van der Waals surface area contributed by atoms with Gasteiger partial charge in [0.15, 0.2) is 0 Å². The third kappa shape index (κ3) is 3.21. The molecule has 0 fully saturated rings. The highest BCUT2D eigenvalue weighted by Crippen LogP contribution is 2.16. The second kappa shape index (κ2) is 6.13. The van der Waals surface area contributed by atoms with E-state index in [9.17, 15) is 4.79 Å². The van der Waals surface area contributed by atoms with Crippen molar-refractivity contribution in [1.82, 2.24) is 4.90 Å². The van der Waals surface area contributed by atoms with Crippen molar-refractivity contribution in [3.05, 3.63) is 34.9 Å². The Labute approximate surface area is 103 Å². The van der Waals surface area contributed by atoms with Crippen molar-refractivity contribution in [1.29, 1.82) is 0 Å². The molecule has 0 aliphatic carbocycles. The van der Waals surface area contributed by atoms with Crippen molar-refractivity contribution >= 4 is 33.4 Å². The minimum Gasteiger partial charge on any atom is -0.338 e. The summed E-state index contributed by atoms with van der Waals surface area (Å²) < 4.78 is 0. The van der Waals surface area contributed by atoms with Gasteiger partial charge in [-0.1, -0.05) is 39.7 Å². The average Bonchev–Trinajstić information content (AvgIpc) is 2.25. The van der Waals surface area contributed by atoms with Gasteiger partial charge < -0.3 is 4.90 Å². The Morgan fingerprint density at radius 2 is 2.13 bits per heavy atom. The number of hydrogen-bond donors (Lipinski definition) is 0. The molecule has 15 heavy (non-hydrogen) atoms. The minimum absolute atomic E-state index is 0.0115. The first-order valence-electron chi connectivity index (χ1n) is 4.80. The van der Waals surface area contributed by atoms with Gasteiger partial charge in [-0.05, 0) is 19.1 Å². The standard InChI is InChI=1S/C11H13BrClNO/c1-2-14(8-7-12)11(15)9-5-3-4-6-10(9)13/h3-6H,2,7-8H2,1H3. The Bertz CT molecular complexity index is 343. The molecule has 2 nitrogen and oxygen atoms in total. The molecule has 0 aliphatic rings. The number of carbonyl (C=O) groups excluding carboxylic acids is 1. The fourth-order valence-corrected chi connectivity index (χ4v) is 1.95. The maximum absolute atomic E-state index is 12.0. The number of alkyl halides is 1. The molecule has 1 rings (SSSR count). The van der Waals surface area contributed by atoms with Crippen LogP contribution in [0.4, 0.5) is 0 Å². The molecule has 0 bridgehead atoms. The quantitative estimate of drug-likeness (QED) is 0.780. The SMILES string of the molecule is CCN(CCBr)C(=O)c1ccccc1Cl. The number of carbonyl (C=O) groups is 1. The summed E-state index contributed by atoms with van der Waals surface area (Å²) >= 11 is 9.28. The predicted molar refractivity (Wildman–Crippen MR) is 66.8 cm³/mol. The van der Waals surface area contributed by atoms with Crippen LogP contribution in [0, 0.1) is 0 Å². The molecule has 1 amide bonds. The lowest BCUT2D eigenvalue weighted by Gasteiger charge is -2.20. The molecule has 0 saturated carbocycles. The van der Waals surface area contributed by atoms with Gasteiger partial charge in [-0.3, -0.25) is 4.79 Å². The predicted octanol–water partition coefficient (Wildman–Crippen LogP) is 3.20. The molecule has 1 aromatic carbocycles. The van der Waals surface area contributed by atoms with Crippen LogP contribution >= 0.6 is 27.5 Å². The van der Waals surface area contributed by atoms with Gasteiger partial charge in [0.1, 0.15) is 0 Å². The van der Waals surface area contributed by atoms with E-state index in [0.717, 1.165) is 5.33 Å². The molecule has 0 unspecified atom stereocenters. The van der Waals surface area contributed by atoms with Crippen LogP contribution in [0.25, 0.3) is 0 Å². The van der Waals surface area contributed by atoms with Crippen molar-refractivity contribution in [2.45, 2.75) is 6.92 Å². The molecular formula is C11H13BrClNO. The first-order chi connectivity index (χ1) is 7.20. The summed E-state index contributed by atoms with van der Waals surface area (Å²) in [4.78, 5) is 13.8. The average molecular weight is 291 g/mol. The summed E-state index contributed by atoms with van der Waals surface area (Å²) in [6.07, 6.45) is 0.